The minimum Gasteiger partial charge on any atom is -0.475 e. The van der Waals surface area contributed by atoms with E-state index in [9.17, 15) is 58.7 Å². The van der Waals surface area contributed by atoms with Crippen LogP contribution in [-0.4, -0.2) is 240 Å². The van der Waals surface area contributed by atoms with Crippen molar-refractivity contribution < 1.29 is 97.4 Å². The molecule has 13 aromatic rings. The van der Waals surface area contributed by atoms with Crippen LogP contribution < -0.4 is 20.0 Å². The third-order valence-corrected chi connectivity index (χ3v) is 24.5. The number of H-pyrrole nitrogens is 4. The fourth-order valence-electron chi connectivity index (χ4n) is 14.5. The zero-order valence-electron chi connectivity index (χ0n) is 69.3. The van der Waals surface area contributed by atoms with Gasteiger partial charge in [-0.25, -0.2) is 29.5 Å². The van der Waals surface area contributed by atoms with Crippen LogP contribution in [0.5, 0.6) is 0 Å². The van der Waals surface area contributed by atoms with Crippen molar-refractivity contribution in [2.24, 2.45) is 0 Å². The highest BCUT2D eigenvalue weighted by Gasteiger charge is 2.42. The van der Waals surface area contributed by atoms with Gasteiger partial charge in [0, 0.05) is 127 Å². The maximum absolute atomic E-state index is 13.1. The lowest BCUT2D eigenvalue weighted by Crippen LogP contribution is -2.38. The summed E-state index contributed by atoms with van der Waals surface area (Å²) in [6.45, 7) is 8.96. The molecule has 0 unspecified atom stereocenters. The highest BCUT2D eigenvalue weighted by molar-refractivity contribution is 7.14. The van der Waals surface area contributed by atoms with Crippen LogP contribution in [0.25, 0.3) is 53.8 Å². The van der Waals surface area contributed by atoms with Crippen LogP contribution in [0.15, 0.2) is 120 Å². The summed E-state index contributed by atoms with van der Waals surface area (Å²) in [4.78, 5) is 97.6. The Bertz CT molecular complexity index is 5610. The SMILES string of the molecule is CCOC1CC(n2cc3c(n2)CCCN3C(=O)c2csc(-c3cn[nH]c3)n2)C1.CCOC1CC(n2cc3c(n2)CCCN3C(=O)c2csc(-c3cn[nH]c3)n2)C1.CCOC1CC(n2ncc3c2CCCN3C(=O)c2csc(-c3cn[nH]c3)n2)C1.O=C(Nc1cn(CCOCC(F)(F)F)nc1-c1ccccn1)c1csc(-c2ccn[nH]2)n1.O=C(O)C(F)(F)F.O=C(O)C(F)(F)F. The van der Waals surface area contributed by atoms with E-state index in [1.807, 2.05) is 79.6 Å². The monoisotopic (exact) mass is 1890 g/mol. The number of amides is 4. The van der Waals surface area contributed by atoms with Crippen LogP contribution in [0, 0.1) is 0 Å². The van der Waals surface area contributed by atoms with E-state index in [-0.39, 0.29) is 36.6 Å². The number of carbonyl (C=O) groups excluding carboxylic acids is 4. The van der Waals surface area contributed by atoms with Gasteiger partial charge in [0.05, 0.1) is 126 Å². The van der Waals surface area contributed by atoms with E-state index in [2.05, 4.69) is 90.6 Å². The Morgan fingerprint density at radius 1 is 0.523 bits per heavy atom. The van der Waals surface area contributed by atoms with Crippen LogP contribution in [0.3, 0.4) is 0 Å². The molecule has 16 heterocycles. The van der Waals surface area contributed by atoms with Gasteiger partial charge in [-0.05, 0) is 116 Å². The second-order valence-electron chi connectivity index (χ2n) is 29.8. The van der Waals surface area contributed by atoms with Crippen LogP contribution in [-0.2, 0) is 54.3 Å². The molecular weight excluding hydrogens is 1800 g/mol. The number of nitrogens with zero attached hydrogens (tertiary/aromatic N) is 20. The molecule has 7 N–H and O–H groups in total. The standard InChI is InChI=1S/C19H16F3N7O2S.3C19H22N6O2S.2C2HF3O2/c20-19(21,22)11-31-8-7-29-9-14(16(28-29)12-3-1-2-5-23-12)25-17(30)15-10-32-18(26-15)13-4-6-24-27-13;1-2-27-14-6-13(7-14)25-16-4-3-5-24(17(16)10-22-25)19(26)15-11-28-18(23-15)12-8-20-21-9-12;2*1-2-27-14-6-13(7-14)25-10-17-15(23-25)4-3-5-24(17)19(26)16-11-28-18(22-16)12-8-20-21-9-12;2*3-2(4,5)1(6)7/h1-6,9-10H,7-8,11H2,(H,24,27)(H,25,30);3*8-11,13-14H,2-7H2,1H3,(H,20,21);2*(H,6,7). The fraction of sp³-hybridized carbons (Fsp3) is 0.412. The number of carboxylic acid groups (broad SMARTS) is 2. The zero-order valence-corrected chi connectivity index (χ0v) is 72.6. The number of carbonyl (C=O) groups is 6. The number of alkyl halides is 9. The van der Waals surface area contributed by atoms with Gasteiger partial charge in [-0.1, -0.05) is 6.07 Å². The number of carboxylic acids is 2. The number of anilines is 4. The molecule has 3 aliphatic heterocycles. The number of aromatic amines is 4. The fourth-order valence-corrected chi connectivity index (χ4v) is 17.6. The summed E-state index contributed by atoms with van der Waals surface area (Å²) in [7, 11) is 0. The molecule has 130 heavy (non-hydrogen) atoms. The first-order valence-electron chi connectivity index (χ1n) is 40.8. The largest absolute Gasteiger partial charge is 0.490 e. The lowest BCUT2D eigenvalue weighted by molar-refractivity contribution is -0.193. The number of ether oxygens (including phenoxy) is 4. The van der Waals surface area contributed by atoms with E-state index in [0.717, 1.165) is 163 Å². The predicted octanol–water partition coefficient (Wildman–Crippen LogP) is 14.1. The number of aryl methyl sites for hydroxylation is 2. The lowest BCUT2D eigenvalue weighted by atomic mass is 9.89. The highest BCUT2D eigenvalue weighted by Crippen LogP contribution is 2.43. The van der Waals surface area contributed by atoms with Gasteiger partial charge >= 0.3 is 30.5 Å². The molecule has 0 spiro atoms. The minimum absolute atomic E-state index is 0.0620. The second kappa shape index (κ2) is 41.9. The van der Waals surface area contributed by atoms with Gasteiger partial charge in [0.25, 0.3) is 23.6 Å². The number of nitrogens with one attached hydrogen (secondary N) is 5. The summed E-state index contributed by atoms with van der Waals surface area (Å²) in [6.07, 6.45) is 19.0. The molecule has 0 bridgehead atoms. The summed E-state index contributed by atoms with van der Waals surface area (Å²) in [5.74, 6) is -6.16. The molecule has 13 aromatic heterocycles. The van der Waals surface area contributed by atoms with Crippen molar-refractivity contribution in [2.75, 3.05) is 72.7 Å². The Kier molecular flexibility index (Phi) is 30.1. The van der Waals surface area contributed by atoms with Crippen molar-refractivity contribution in [1.29, 1.82) is 0 Å². The smallest absolute Gasteiger partial charge is 0.475 e. The van der Waals surface area contributed by atoms with Crippen molar-refractivity contribution in [1.82, 2.24) is 105 Å². The molecule has 3 saturated carbocycles. The normalized spacial score (nSPS) is 17.9. The number of hydrogen-bond acceptors (Lipinski definition) is 27. The molecular formula is C80H84F9N25O12S4. The van der Waals surface area contributed by atoms with Crippen molar-refractivity contribution in [3.8, 4) is 53.8 Å². The number of pyridine rings is 1. The van der Waals surface area contributed by atoms with Gasteiger partial charge < -0.3 is 49.2 Å². The van der Waals surface area contributed by atoms with E-state index in [1.54, 1.807) is 79.2 Å². The van der Waals surface area contributed by atoms with Gasteiger partial charge in [-0.3, -0.25) is 63.3 Å². The summed E-state index contributed by atoms with van der Waals surface area (Å²) in [6, 6.07) is 8.05. The number of thiazole rings is 4. The van der Waals surface area contributed by atoms with Gasteiger partial charge in [-0.15, -0.1) is 45.3 Å². The topological polar surface area (TPSA) is 452 Å². The number of hydrogen-bond donors (Lipinski definition) is 7. The Morgan fingerprint density at radius 2 is 0.969 bits per heavy atom. The lowest BCUT2D eigenvalue weighted by Gasteiger charge is -2.37. The first kappa shape index (κ1) is 93.5. The van der Waals surface area contributed by atoms with Crippen molar-refractivity contribution in [3.63, 3.8) is 0 Å². The maximum atomic E-state index is 13.1. The third kappa shape index (κ3) is 23.1. The number of aliphatic carboxylic acids is 2. The van der Waals surface area contributed by atoms with Crippen molar-refractivity contribution >= 4 is 104 Å². The molecule has 3 fully saturated rings. The number of rotatable bonds is 23. The molecule has 0 radical (unpaired) electrons. The number of fused-ring (bicyclic) bond motifs is 3. The Balaban J connectivity index is 0.000000133. The molecule has 6 aliphatic rings. The molecule has 37 nitrogen and oxygen atoms in total. The van der Waals surface area contributed by atoms with Gasteiger partial charge in [0.15, 0.2) is 0 Å². The zero-order chi connectivity index (χ0) is 92.0. The Morgan fingerprint density at radius 3 is 1.39 bits per heavy atom. The van der Waals surface area contributed by atoms with E-state index >= 15 is 0 Å². The van der Waals surface area contributed by atoms with Crippen molar-refractivity contribution in [3.05, 3.63) is 160 Å². The third-order valence-electron chi connectivity index (χ3n) is 21.0. The second-order valence-corrected chi connectivity index (χ2v) is 33.2. The average molecular weight is 1890 g/mol. The predicted molar refractivity (Wildman–Crippen MR) is 454 cm³/mol. The van der Waals surface area contributed by atoms with Crippen LogP contribution in [0.1, 0.15) is 156 Å². The first-order chi connectivity index (χ1) is 62.5. The van der Waals surface area contributed by atoms with E-state index in [4.69, 9.17) is 44.2 Å². The molecule has 50 heteroatoms. The Labute approximate surface area is 747 Å². The molecule has 688 valence electrons. The van der Waals surface area contributed by atoms with Gasteiger partial charge in [0.1, 0.15) is 55.1 Å². The summed E-state index contributed by atoms with van der Waals surface area (Å²) >= 11 is 5.65. The van der Waals surface area contributed by atoms with Crippen LogP contribution in [0.4, 0.5) is 62.3 Å². The molecule has 19 rings (SSSR count). The van der Waals surface area contributed by atoms with Gasteiger partial charge in [-0.2, -0.15) is 80.3 Å². The van der Waals surface area contributed by atoms with E-state index in [1.165, 1.54) is 56.2 Å². The quantitative estimate of drug-likeness (QED) is 0.0231. The summed E-state index contributed by atoms with van der Waals surface area (Å²) < 4.78 is 129. The molecule has 0 aromatic carbocycles. The van der Waals surface area contributed by atoms with Crippen molar-refractivity contribution in [2.45, 2.75) is 159 Å². The molecule has 0 atom stereocenters. The minimum atomic E-state index is -5.08. The van der Waals surface area contributed by atoms with E-state index in [0.29, 0.717) is 101 Å². The molecule has 3 aliphatic carbocycles. The maximum Gasteiger partial charge on any atom is 0.490 e. The first-order valence-corrected chi connectivity index (χ1v) is 44.4. The van der Waals surface area contributed by atoms with Crippen LogP contribution in [0.2, 0.25) is 0 Å². The number of aromatic nitrogens is 21. The average Bonchev–Trinajstić information content (AvgIpc) is 1.63. The molecule has 0 saturated heterocycles. The summed E-state index contributed by atoms with van der Waals surface area (Å²) in [5.41, 5.74) is 12.2. The highest BCUT2D eigenvalue weighted by atomic mass is 32.1. The summed E-state index contributed by atoms with van der Waals surface area (Å²) in [5, 5.41) is 72.4. The van der Waals surface area contributed by atoms with Crippen LogP contribution >= 0.6 is 45.3 Å². The molecule has 4 amide bonds. The van der Waals surface area contributed by atoms with E-state index < -0.39 is 43.0 Å². The number of halogens is 9. The van der Waals surface area contributed by atoms with Gasteiger partial charge in [0.2, 0.25) is 0 Å². The Hall–Kier alpha value is -12.6.